The molecule has 220 valence electrons. The first kappa shape index (κ1) is 30.6. The Kier molecular flexibility index (Phi) is 9.17. The lowest BCUT2D eigenvalue weighted by molar-refractivity contribution is -0.139. The Labute approximate surface area is 247 Å². The maximum absolute atomic E-state index is 13.3. The Balaban J connectivity index is 1.43. The Morgan fingerprint density at radius 3 is 2.59 bits per heavy atom. The molecule has 1 unspecified atom stereocenters. The smallest absolute Gasteiger partial charge is 0.349 e. The van der Waals surface area contributed by atoms with Crippen LogP contribution in [0.3, 0.4) is 0 Å². The lowest BCUT2D eigenvalue weighted by Crippen LogP contribution is -2.53. The average molecular weight is 622 g/mol. The number of anilines is 2. The summed E-state index contributed by atoms with van der Waals surface area (Å²) in [7, 11) is -3.55. The maximum Gasteiger partial charge on any atom is 0.349 e. The van der Waals surface area contributed by atoms with Gasteiger partial charge in [-0.05, 0) is 68.0 Å². The third-order valence-corrected chi connectivity index (χ3v) is 10.6. The third kappa shape index (κ3) is 7.31. The van der Waals surface area contributed by atoms with E-state index in [-0.39, 0.29) is 27.3 Å². The van der Waals surface area contributed by atoms with Gasteiger partial charge in [0.25, 0.3) is 0 Å². The number of rotatable bonds is 11. The van der Waals surface area contributed by atoms with Crippen LogP contribution >= 0.6 is 22.9 Å². The van der Waals surface area contributed by atoms with E-state index in [1.165, 1.54) is 0 Å². The summed E-state index contributed by atoms with van der Waals surface area (Å²) in [6.45, 7) is 4.20. The van der Waals surface area contributed by atoms with Crippen LogP contribution in [-0.4, -0.2) is 60.1 Å². The van der Waals surface area contributed by atoms with Crippen LogP contribution < -0.4 is 15.8 Å². The normalized spacial score (nSPS) is 17.2. The number of hydrogen-bond acceptors (Lipinski definition) is 8. The molecule has 10 nitrogen and oxygen atoms in total. The van der Waals surface area contributed by atoms with Gasteiger partial charge in [0.2, 0.25) is 10.0 Å². The third-order valence-electron chi connectivity index (χ3n) is 6.90. The number of carboxylic acids is 2. The number of benzene rings is 2. The molecule has 1 fully saturated rings. The molecule has 0 saturated carbocycles. The second-order valence-corrected chi connectivity index (χ2v) is 13.9. The lowest BCUT2D eigenvalue weighted by Gasteiger charge is -2.44. The highest BCUT2D eigenvalue weighted by atomic mass is 35.5. The van der Waals surface area contributed by atoms with Gasteiger partial charge in [-0.25, -0.2) is 18.0 Å². The first-order valence-corrected chi connectivity index (χ1v) is 15.7. The summed E-state index contributed by atoms with van der Waals surface area (Å²) in [5.74, 6) is -2.56. The summed E-state index contributed by atoms with van der Waals surface area (Å²) < 4.78 is 33.4. The number of sulfonamides is 1. The number of carboxylic acid groups (broad SMARTS) is 2. The fraction of sp³-hybridized carbons (Fsp3) is 0.357. The van der Waals surface area contributed by atoms with Crippen LogP contribution in [0.4, 0.5) is 11.4 Å². The molecule has 13 heteroatoms. The van der Waals surface area contributed by atoms with Crippen LogP contribution in [0.5, 0.6) is 5.75 Å². The number of ether oxygens (including phenoxy) is 1. The summed E-state index contributed by atoms with van der Waals surface area (Å²) in [6.07, 6.45) is 1.36. The van der Waals surface area contributed by atoms with E-state index in [1.54, 1.807) is 40.7 Å². The van der Waals surface area contributed by atoms with Crippen LogP contribution in [-0.2, 0) is 20.6 Å². The van der Waals surface area contributed by atoms with Gasteiger partial charge in [-0.15, -0.1) is 11.3 Å². The van der Waals surface area contributed by atoms with Crippen molar-refractivity contribution in [3.05, 3.63) is 64.0 Å². The maximum atomic E-state index is 13.3. The zero-order valence-corrected chi connectivity index (χ0v) is 25.0. The van der Waals surface area contributed by atoms with Crippen LogP contribution in [0.1, 0.15) is 41.9 Å². The summed E-state index contributed by atoms with van der Waals surface area (Å²) in [6, 6.07) is 14.2. The SMILES string of the molecule is CC1(C)CC(CNc2cccc(-c3sc(C(=O)O)c(OCC(=O)O)c3Cl)c2)CCN1S(=O)(=O)Cc1cccc(N)c1. The van der Waals surface area contributed by atoms with E-state index in [0.717, 1.165) is 17.0 Å². The lowest BCUT2D eigenvalue weighted by atomic mass is 9.84. The minimum atomic E-state index is -3.55. The largest absolute Gasteiger partial charge is 0.479 e. The van der Waals surface area contributed by atoms with Gasteiger partial charge in [0.15, 0.2) is 17.2 Å². The molecule has 2 aromatic carbocycles. The van der Waals surface area contributed by atoms with Crippen molar-refractivity contribution < 1.29 is 33.0 Å². The van der Waals surface area contributed by atoms with Gasteiger partial charge in [-0.3, -0.25) is 0 Å². The molecule has 0 aliphatic carbocycles. The van der Waals surface area contributed by atoms with Crippen molar-refractivity contribution in [2.45, 2.75) is 38.0 Å². The fourth-order valence-electron chi connectivity index (χ4n) is 5.19. The van der Waals surface area contributed by atoms with Gasteiger partial charge in [0.1, 0.15) is 5.02 Å². The number of nitrogens with one attached hydrogen (secondary N) is 1. The summed E-state index contributed by atoms with van der Waals surface area (Å²) in [5.41, 5.74) is 7.88. The quantitative estimate of drug-likeness (QED) is 0.210. The van der Waals surface area contributed by atoms with Gasteiger partial charge in [0.05, 0.1) is 10.6 Å². The summed E-state index contributed by atoms with van der Waals surface area (Å²) in [4.78, 5) is 22.9. The number of nitrogen functional groups attached to an aromatic ring is 1. The Morgan fingerprint density at radius 2 is 1.93 bits per heavy atom. The zero-order chi connectivity index (χ0) is 29.9. The molecule has 2 heterocycles. The highest BCUT2D eigenvalue weighted by molar-refractivity contribution is 7.88. The minimum Gasteiger partial charge on any atom is -0.479 e. The molecule has 0 amide bonds. The highest BCUT2D eigenvalue weighted by Gasteiger charge is 2.41. The number of aliphatic carboxylic acids is 1. The molecule has 0 spiro atoms. The van der Waals surface area contributed by atoms with E-state index < -0.39 is 34.1 Å². The Bertz CT molecular complexity index is 1560. The van der Waals surface area contributed by atoms with Gasteiger partial charge in [-0.1, -0.05) is 35.9 Å². The molecule has 4 rings (SSSR count). The molecule has 41 heavy (non-hydrogen) atoms. The van der Waals surface area contributed by atoms with E-state index in [4.69, 9.17) is 27.2 Å². The first-order chi connectivity index (χ1) is 19.3. The summed E-state index contributed by atoms with van der Waals surface area (Å²) >= 11 is 7.34. The minimum absolute atomic E-state index is 0.0410. The van der Waals surface area contributed by atoms with Crippen molar-refractivity contribution in [3.8, 4) is 16.2 Å². The van der Waals surface area contributed by atoms with E-state index >= 15 is 0 Å². The molecule has 0 radical (unpaired) electrons. The number of halogens is 1. The molecule has 5 N–H and O–H groups in total. The van der Waals surface area contributed by atoms with E-state index in [9.17, 15) is 23.1 Å². The highest BCUT2D eigenvalue weighted by Crippen LogP contribution is 2.46. The summed E-state index contributed by atoms with van der Waals surface area (Å²) in [5, 5.41) is 21.9. The second kappa shape index (κ2) is 12.3. The molecule has 1 aliphatic rings. The van der Waals surface area contributed by atoms with Crippen LogP contribution in [0.15, 0.2) is 48.5 Å². The molecule has 0 bridgehead atoms. The molecule has 1 aromatic heterocycles. The van der Waals surface area contributed by atoms with Crippen molar-refractivity contribution in [2.75, 3.05) is 30.7 Å². The molecule has 1 saturated heterocycles. The number of nitrogens with zero attached hydrogens (tertiary/aromatic N) is 1. The van der Waals surface area contributed by atoms with Crippen LogP contribution in [0, 0.1) is 5.92 Å². The monoisotopic (exact) mass is 621 g/mol. The van der Waals surface area contributed by atoms with Crippen LogP contribution in [0.25, 0.3) is 10.4 Å². The zero-order valence-electron chi connectivity index (χ0n) is 22.6. The van der Waals surface area contributed by atoms with Crippen molar-refractivity contribution in [2.24, 2.45) is 5.92 Å². The number of carbonyl (C=O) groups is 2. The number of nitrogens with two attached hydrogens (primary N) is 1. The van der Waals surface area contributed by atoms with E-state index in [1.807, 2.05) is 26.0 Å². The first-order valence-electron chi connectivity index (χ1n) is 12.9. The predicted molar refractivity (Wildman–Crippen MR) is 160 cm³/mol. The Morgan fingerprint density at radius 1 is 1.20 bits per heavy atom. The molecule has 1 aliphatic heterocycles. The number of thiophene rings is 1. The van der Waals surface area contributed by atoms with E-state index in [0.29, 0.717) is 47.6 Å². The van der Waals surface area contributed by atoms with Gasteiger partial charge in [-0.2, -0.15) is 4.31 Å². The van der Waals surface area contributed by atoms with Crippen LogP contribution in [0.2, 0.25) is 5.02 Å². The van der Waals surface area contributed by atoms with Crippen molar-refractivity contribution >= 4 is 56.3 Å². The van der Waals surface area contributed by atoms with Gasteiger partial charge < -0.3 is 26.0 Å². The number of aromatic carboxylic acids is 1. The number of piperidine rings is 1. The van der Waals surface area contributed by atoms with Crippen molar-refractivity contribution in [1.29, 1.82) is 0 Å². The van der Waals surface area contributed by atoms with Crippen molar-refractivity contribution in [3.63, 3.8) is 0 Å². The predicted octanol–water partition coefficient (Wildman–Crippen LogP) is 5.24. The average Bonchev–Trinajstić information content (AvgIpc) is 3.21. The molecule has 3 aromatic rings. The molecule has 1 atom stereocenters. The molecular weight excluding hydrogens is 590 g/mol. The molecular formula is C28H32ClN3O7S2. The number of hydrogen-bond donors (Lipinski definition) is 4. The van der Waals surface area contributed by atoms with Gasteiger partial charge >= 0.3 is 11.9 Å². The van der Waals surface area contributed by atoms with E-state index in [2.05, 4.69) is 5.32 Å². The fourth-order valence-corrected chi connectivity index (χ4v) is 8.56. The van der Waals surface area contributed by atoms with Gasteiger partial charge in [0, 0.05) is 30.0 Å². The topological polar surface area (TPSA) is 159 Å². The van der Waals surface area contributed by atoms with Crippen molar-refractivity contribution in [1.82, 2.24) is 4.31 Å². The Hall–Kier alpha value is -3.32. The second-order valence-electron chi connectivity index (χ2n) is 10.6. The standard InChI is InChI=1S/C28H32ClN3O7S2/c1-28(2)13-18(9-10-32(28)41(37,38)16-17-5-3-7-20(30)11-17)14-31-21-8-4-6-19(12-21)25-23(29)24(39-15-22(33)34)26(40-25)27(35)36/h3-8,11-12,18,31H,9-10,13-16,30H2,1-2H3,(H,33,34)(H,35,36).